The van der Waals surface area contributed by atoms with Gasteiger partial charge in [0.2, 0.25) is 0 Å². The van der Waals surface area contributed by atoms with Gasteiger partial charge in [-0.2, -0.15) is 0 Å². The lowest BCUT2D eigenvalue weighted by Gasteiger charge is -2.46. The minimum Gasteiger partial charge on any atom is -0.375 e. The van der Waals surface area contributed by atoms with E-state index in [0.29, 0.717) is 43.5 Å². The molecule has 2 aromatic heterocycles. The maximum Gasteiger partial charge on any atom is 0.273 e. The largest absolute Gasteiger partial charge is 0.375 e. The van der Waals surface area contributed by atoms with Gasteiger partial charge in [0.1, 0.15) is 11.4 Å². The molecule has 1 atom stereocenters. The van der Waals surface area contributed by atoms with Crippen molar-refractivity contribution < 1.29 is 14.3 Å². The monoisotopic (exact) mass is 400 g/mol. The summed E-state index contributed by atoms with van der Waals surface area (Å²) in [6.07, 6.45) is 5.13. The van der Waals surface area contributed by atoms with Crippen LogP contribution in [0.2, 0.25) is 0 Å². The van der Waals surface area contributed by atoms with E-state index in [9.17, 15) is 9.59 Å². The van der Waals surface area contributed by atoms with Crippen LogP contribution in [0.5, 0.6) is 0 Å². The average Bonchev–Trinajstić information content (AvgIpc) is 3.28. The Kier molecular flexibility index (Phi) is 5.68. The van der Waals surface area contributed by atoms with Gasteiger partial charge in [-0.25, -0.2) is 4.98 Å². The number of hydrogen-bond donors (Lipinski definition) is 1. The number of nitrogens with zero attached hydrogens (tertiary/aromatic N) is 3. The van der Waals surface area contributed by atoms with Crippen molar-refractivity contribution in [2.75, 3.05) is 26.2 Å². The second-order valence-corrected chi connectivity index (χ2v) is 8.20. The number of amides is 2. The molecule has 1 spiro atoms. The zero-order valence-corrected chi connectivity index (χ0v) is 16.5. The standard InChI is InChI=1S/C20H24N4O3S/c25-18(16-3-1-2-7-21-16)22-12-15-4-10-27-20(11-15)5-8-24(9-6-20)19(26)17-13-28-14-23-17/h1-3,7,13-15H,4-6,8-12H2,(H,22,25). The highest BCUT2D eigenvalue weighted by Crippen LogP contribution is 2.37. The van der Waals surface area contributed by atoms with Gasteiger partial charge in [-0.3, -0.25) is 14.6 Å². The minimum atomic E-state index is -0.183. The smallest absolute Gasteiger partial charge is 0.273 e. The molecule has 0 aromatic carbocycles. The molecule has 148 valence electrons. The number of nitrogens with one attached hydrogen (secondary N) is 1. The van der Waals surface area contributed by atoms with Crippen LogP contribution in [0.4, 0.5) is 0 Å². The Morgan fingerprint density at radius 3 is 2.82 bits per heavy atom. The fourth-order valence-corrected chi connectivity index (χ4v) is 4.60. The number of rotatable bonds is 4. The van der Waals surface area contributed by atoms with E-state index in [1.54, 1.807) is 29.2 Å². The summed E-state index contributed by atoms with van der Waals surface area (Å²) >= 11 is 1.44. The summed E-state index contributed by atoms with van der Waals surface area (Å²) in [5.41, 5.74) is 2.48. The molecule has 0 radical (unpaired) electrons. The Labute approximate surface area is 168 Å². The van der Waals surface area contributed by atoms with Crippen LogP contribution in [-0.4, -0.2) is 58.5 Å². The third-order valence-electron chi connectivity index (χ3n) is 5.66. The van der Waals surface area contributed by atoms with E-state index < -0.39 is 0 Å². The first kappa shape index (κ1) is 19.0. The SMILES string of the molecule is O=C(NCC1CCOC2(CCN(C(=O)c3cscn3)CC2)C1)c1ccccn1. The fourth-order valence-electron chi connectivity index (χ4n) is 4.07. The summed E-state index contributed by atoms with van der Waals surface area (Å²) in [6, 6.07) is 5.33. The molecule has 2 saturated heterocycles. The number of piperidine rings is 1. The van der Waals surface area contributed by atoms with E-state index in [2.05, 4.69) is 15.3 Å². The van der Waals surface area contributed by atoms with Crippen molar-refractivity contribution in [3.05, 3.63) is 46.7 Å². The Hall–Kier alpha value is -2.32. The first-order chi connectivity index (χ1) is 13.7. The lowest BCUT2D eigenvalue weighted by Crippen LogP contribution is -2.51. The van der Waals surface area contributed by atoms with Gasteiger partial charge in [-0.15, -0.1) is 11.3 Å². The number of ether oxygens (including phenoxy) is 1. The zero-order valence-electron chi connectivity index (χ0n) is 15.7. The van der Waals surface area contributed by atoms with Crippen LogP contribution in [0.1, 0.15) is 46.7 Å². The number of hydrogen-bond acceptors (Lipinski definition) is 6. The zero-order chi connectivity index (χ0) is 19.4. The lowest BCUT2D eigenvalue weighted by atomic mass is 9.79. The van der Waals surface area contributed by atoms with Crippen LogP contribution in [0.25, 0.3) is 0 Å². The molecular formula is C20H24N4O3S. The van der Waals surface area contributed by atoms with Crippen LogP contribution in [0, 0.1) is 5.92 Å². The maximum atomic E-state index is 12.5. The Morgan fingerprint density at radius 2 is 2.11 bits per heavy atom. The van der Waals surface area contributed by atoms with Gasteiger partial charge >= 0.3 is 0 Å². The molecule has 1 unspecified atom stereocenters. The van der Waals surface area contributed by atoms with Gasteiger partial charge in [0.25, 0.3) is 11.8 Å². The van der Waals surface area contributed by atoms with Crippen molar-refractivity contribution in [1.82, 2.24) is 20.2 Å². The highest BCUT2D eigenvalue weighted by molar-refractivity contribution is 7.07. The van der Waals surface area contributed by atoms with Gasteiger partial charge in [0.15, 0.2) is 0 Å². The summed E-state index contributed by atoms with van der Waals surface area (Å²) in [6.45, 7) is 2.69. The molecule has 0 saturated carbocycles. The quantitative estimate of drug-likeness (QED) is 0.852. The average molecular weight is 401 g/mol. The second kappa shape index (κ2) is 8.36. The first-order valence-corrected chi connectivity index (χ1v) is 10.6. The summed E-state index contributed by atoms with van der Waals surface area (Å²) in [7, 11) is 0. The Bertz CT molecular complexity index is 804. The van der Waals surface area contributed by atoms with Gasteiger partial charge in [-0.1, -0.05) is 6.07 Å². The number of carbonyl (C=O) groups excluding carboxylic acids is 2. The molecule has 1 N–H and O–H groups in total. The molecule has 2 aliphatic heterocycles. The van der Waals surface area contributed by atoms with E-state index in [0.717, 1.165) is 25.7 Å². The van der Waals surface area contributed by atoms with Crippen molar-refractivity contribution in [2.45, 2.75) is 31.3 Å². The fraction of sp³-hybridized carbons (Fsp3) is 0.500. The van der Waals surface area contributed by atoms with E-state index in [-0.39, 0.29) is 17.4 Å². The van der Waals surface area contributed by atoms with E-state index in [1.807, 2.05) is 11.0 Å². The predicted octanol–water partition coefficient (Wildman–Crippen LogP) is 2.37. The van der Waals surface area contributed by atoms with E-state index in [4.69, 9.17) is 4.74 Å². The molecule has 2 aromatic rings. The van der Waals surface area contributed by atoms with Crippen molar-refractivity contribution in [3.63, 3.8) is 0 Å². The molecule has 0 bridgehead atoms. The van der Waals surface area contributed by atoms with Gasteiger partial charge < -0.3 is 15.0 Å². The van der Waals surface area contributed by atoms with Crippen molar-refractivity contribution >= 4 is 23.2 Å². The number of thiazole rings is 1. The molecule has 4 rings (SSSR count). The van der Waals surface area contributed by atoms with Gasteiger partial charge in [0.05, 0.1) is 11.1 Å². The highest BCUT2D eigenvalue weighted by atomic mass is 32.1. The summed E-state index contributed by atoms with van der Waals surface area (Å²) in [4.78, 5) is 34.8. The predicted molar refractivity (Wildman–Crippen MR) is 105 cm³/mol. The van der Waals surface area contributed by atoms with Crippen molar-refractivity contribution in [1.29, 1.82) is 0 Å². The third-order valence-corrected chi connectivity index (χ3v) is 6.24. The second-order valence-electron chi connectivity index (χ2n) is 7.48. The first-order valence-electron chi connectivity index (χ1n) is 9.66. The van der Waals surface area contributed by atoms with Crippen LogP contribution in [0.3, 0.4) is 0 Å². The molecule has 0 aliphatic carbocycles. The maximum absolute atomic E-state index is 12.5. The van der Waals surface area contributed by atoms with E-state index >= 15 is 0 Å². The van der Waals surface area contributed by atoms with E-state index in [1.165, 1.54) is 11.3 Å². The Balaban J connectivity index is 1.29. The summed E-state index contributed by atoms with van der Waals surface area (Å²) < 4.78 is 6.17. The van der Waals surface area contributed by atoms with Gasteiger partial charge in [0, 0.05) is 37.8 Å². The molecule has 4 heterocycles. The van der Waals surface area contributed by atoms with Crippen molar-refractivity contribution in [2.24, 2.45) is 5.92 Å². The van der Waals surface area contributed by atoms with Crippen molar-refractivity contribution in [3.8, 4) is 0 Å². The number of pyridine rings is 1. The summed E-state index contributed by atoms with van der Waals surface area (Å²) in [5, 5.41) is 4.80. The molecule has 7 nitrogen and oxygen atoms in total. The molecule has 2 fully saturated rings. The number of carbonyl (C=O) groups is 2. The Morgan fingerprint density at radius 1 is 1.25 bits per heavy atom. The van der Waals surface area contributed by atoms with Crippen LogP contribution in [-0.2, 0) is 4.74 Å². The molecule has 2 aliphatic rings. The molecule has 8 heteroatoms. The normalized spacial score (nSPS) is 21.4. The number of aromatic nitrogens is 2. The van der Waals surface area contributed by atoms with Crippen LogP contribution >= 0.6 is 11.3 Å². The molecular weight excluding hydrogens is 376 g/mol. The van der Waals surface area contributed by atoms with Crippen LogP contribution in [0.15, 0.2) is 35.3 Å². The highest BCUT2D eigenvalue weighted by Gasteiger charge is 2.41. The molecule has 2 amide bonds. The topological polar surface area (TPSA) is 84.4 Å². The minimum absolute atomic E-state index is 0.00563. The lowest BCUT2D eigenvalue weighted by molar-refractivity contribution is -0.122. The molecule has 28 heavy (non-hydrogen) atoms. The number of likely N-dealkylation sites (tertiary alicyclic amines) is 1. The summed E-state index contributed by atoms with van der Waals surface area (Å²) in [5.74, 6) is 0.248. The van der Waals surface area contributed by atoms with Crippen LogP contribution < -0.4 is 5.32 Å². The van der Waals surface area contributed by atoms with Gasteiger partial charge in [-0.05, 0) is 43.7 Å². The third kappa shape index (κ3) is 4.23.